The lowest BCUT2D eigenvalue weighted by Crippen LogP contribution is -2.45. The minimum Gasteiger partial charge on any atom is -0.356 e. The van der Waals surface area contributed by atoms with Crippen molar-refractivity contribution in [2.75, 3.05) is 24.5 Å². The Morgan fingerprint density at radius 2 is 2.14 bits per heavy atom. The normalized spacial score (nSPS) is 16.2. The van der Waals surface area contributed by atoms with Crippen LogP contribution in [0.25, 0.3) is 0 Å². The smallest absolute Gasteiger partial charge is 0.221 e. The van der Waals surface area contributed by atoms with Crippen molar-refractivity contribution in [3.05, 3.63) is 24.4 Å². The predicted molar refractivity (Wildman–Crippen MR) is 85.4 cm³/mol. The Kier molecular flexibility index (Phi) is 5.99. The lowest BCUT2D eigenvalue weighted by molar-refractivity contribution is -0.121. The summed E-state index contributed by atoms with van der Waals surface area (Å²) in [6.45, 7) is 6.82. The third-order valence-electron chi connectivity index (χ3n) is 3.74. The molecule has 5 heteroatoms. The monoisotopic (exact) mass is 290 g/mol. The van der Waals surface area contributed by atoms with Gasteiger partial charge in [0.2, 0.25) is 5.91 Å². The Labute approximate surface area is 127 Å². The largest absolute Gasteiger partial charge is 0.356 e. The molecule has 21 heavy (non-hydrogen) atoms. The SMILES string of the molecule is CC(C)NCCC(=O)NC1CCN(c2ccccn2)CC1. The lowest BCUT2D eigenvalue weighted by atomic mass is 10.0. The molecule has 1 aliphatic rings. The van der Waals surface area contributed by atoms with E-state index in [9.17, 15) is 4.79 Å². The molecule has 0 unspecified atom stereocenters. The van der Waals surface area contributed by atoms with Crippen molar-refractivity contribution in [2.24, 2.45) is 0 Å². The van der Waals surface area contributed by atoms with Crippen LogP contribution < -0.4 is 15.5 Å². The van der Waals surface area contributed by atoms with Gasteiger partial charge in [-0.05, 0) is 25.0 Å². The van der Waals surface area contributed by atoms with Crippen LogP contribution in [-0.4, -0.2) is 42.6 Å². The Bertz CT molecular complexity index is 427. The van der Waals surface area contributed by atoms with E-state index in [4.69, 9.17) is 0 Å². The van der Waals surface area contributed by atoms with Gasteiger partial charge in [-0.25, -0.2) is 4.98 Å². The summed E-state index contributed by atoms with van der Waals surface area (Å²) in [5, 5.41) is 6.40. The van der Waals surface area contributed by atoms with Crippen molar-refractivity contribution in [1.29, 1.82) is 0 Å². The number of rotatable bonds is 6. The van der Waals surface area contributed by atoms with Crippen molar-refractivity contribution >= 4 is 11.7 Å². The van der Waals surface area contributed by atoms with Crippen molar-refractivity contribution < 1.29 is 4.79 Å². The maximum atomic E-state index is 11.9. The second-order valence-corrected chi connectivity index (χ2v) is 5.88. The summed E-state index contributed by atoms with van der Waals surface area (Å²) in [4.78, 5) is 18.5. The van der Waals surface area contributed by atoms with Gasteiger partial charge in [0.1, 0.15) is 5.82 Å². The first-order valence-electron chi connectivity index (χ1n) is 7.84. The first kappa shape index (κ1) is 15.8. The molecule has 5 nitrogen and oxygen atoms in total. The topological polar surface area (TPSA) is 57.3 Å². The van der Waals surface area contributed by atoms with Gasteiger partial charge in [-0.2, -0.15) is 0 Å². The molecular formula is C16H26N4O. The summed E-state index contributed by atoms with van der Waals surface area (Å²) in [6, 6.07) is 6.71. The number of carbonyl (C=O) groups excluding carboxylic acids is 1. The van der Waals surface area contributed by atoms with Crippen molar-refractivity contribution in [3.63, 3.8) is 0 Å². The maximum Gasteiger partial charge on any atom is 0.221 e. The average molecular weight is 290 g/mol. The molecule has 1 aliphatic heterocycles. The Balaban J connectivity index is 1.68. The second kappa shape index (κ2) is 7.98. The minimum absolute atomic E-state index is 0.152. The van der Waals surface area contributed by atoms with Crippen LogP contribution in [0.1, 0.15) is 33.1 Å². The fraction of sp³-hybridized carbons (Fsp3) is 0.625. The number of aromatic nitrogens is 1. The van der Waals surface area contributed by atoms with E-state index >= 15 is 0 Å². The third-order valence-corrected chi connectivity index (χ3v) is 3.74. The number of carbonyl (C=O) groups is 1. The van der Waals surface area contributed by atoms with E-state index in [1.807, 2.05) is 24.4 Å². The highest BCUT2D eigenvalue weighted by atomic mass is 16.1. The molecule has 1 aromatic heterocycles. The zero-order chi connectivity index (χ0) is 15.1. The van der Waals surface area contributed by atoms with Gasteiger partial charge in [0.25, 0.3) is 0 Å². The molecule has 1 aromatic rings. The van der Waals surface area contributed by atoms with E-state index in [0.29, 0.717) is 18.5 Å². The van der Waals surface area contributed by atoms with Gasteiger partial charge >= 0.3 is 0 Å². The van der Waals surface area contributed by atoms with Crippen LogP contribution >= 0.6 is 0 Å². The fourth-order valence-corrected chi connectivity index (χ4v) is 2.57. The fourth-order valence-electron chi connectivity index (χ4n) is 2.57. The van der Waals surface area contributed by atoms with Crippen LogP contribution in [0.3, 0.4) is 0 Å². The van der Waals surface area contributed by atoms with E-state index < -0.39 is 0 Å². The van der Waals surface area contributed by atoms with Crippen LogP contribution in [0.5, 0.6) is 0 Å². The molecule has 1 saturated heterocycles. The van der Waals surface area contributed by atoms with Gasteiger partial charge in [-0.3, -0.25) is 4.79 Å². The molecule has 1 fully saturated rings. The molecule has 0 aliphatic carbocycles. The molecule has 2 rings (SSSR count). The predicted octanol–water partition coefficient (Wildman–Crippen LogP) is 1.55. The maximum absolute atomic E-state index is 11.9. The van der Waals surface area contributed by atoms with Crippen molar-refractivity contribution in [2.45, 2.75) is 45.2 Å². The number of hydrogen-bond donors (Lipinski definition) is 2. The van der Waals surface area contributed by atoms with Crippen LogP contribution in [-0.2, 0) is 4.79 Å². The van der Waals surface area contributed by atoms with E-state index in [-0.39, 0.29) is 5.91 Å². The zero-order valence-corrected chi connectivity index (χ0v) is 13.0. The minimum atomic E-state index is 0.152. The highest BCUT2D eigenvalue weighted by Gasteiger charge is 2.21. The Morgan fingerprint density at radius 1 is 1.38 bits per heavy atom. The van der Waals surface area contributed by atoms with Crippen LogP contribution in [0.4, 0.5) is 5.82 Å². The number of pyridine rings is 1. The van der Waals surface area contributed by atoms with Crippen LogP contribution in [0.15, 0.2) is 24.4 Å². The summed E-state index contributed by atoms with van der Waals surface area (Å²) in [5.74, 6) is 1.18. The number of nitrogens with one attached hydrogen (secondary N) is 2. The van der Waals surface area contributed by atoms with Gasteiger partial charge in [-0.1, -0.05) is 19.9 Å². The number of amides is 1. The van der Waals surface area contributed by atoms with Crippen LogP contribution in [0, 0.1) is 0 Å². The Hall–Kier alpha value is -1.62. The molecule has 2 heterocycles. The molecule has 0 bridgehead atoms. The number of piperidine rings is 1. The quantitative estimate of drug-likeness (QED) is 0.835. The average Bonchev–Trinajstić information content (AvgIpc) is 2.48. The van der Waals surface area contributed by atoms with E-state index in [1.165, 1.54) is 0 Å². The second-order valence-electron chi connectivity index (χ2n) is 5.88. The summed E-state index contributed by atoms with van der Waals surface area (Å²) in [6.07, 6.45) is 4.35. The van der Waals surface area contributed by atoms with E-state index in [2.05, 4.69) is 34.4 Å². The van der Waals surface area contributed by atoms with Gasteiger partial charge in [0.05, 0.1) is 0 Å². The van der Waals surface area contributed by atoms with Crippen molar-refractivity contribution in [3.8, 4) is 0 Å². The van der Waals surface area contributed by atoms with E-state index in [1.54, 1.807) is 0 Å². The third kappa shape index (κ3) is 5.34. The number of hydrogen-bond acceptors (Lipinski definition) is 4. The molecular weight excluding hydrogens is 264 g/mol. The highest BCUT2D eigenvalue weighted by molar-refractivity contribution is 5.76. The summed E-state index contributed by atoms with van der Waals surface area (Å²) >= 11 is 0. The molecule has 1 amide bonds. The van der Waals surface area contributed by atoms with Crippen molar-refractivity contribution in [1.82, 2.24) is 15.6 Å². The first-order valence-corrected chi connectivity index (χ1v) is 7.84. The van der Waals surface area contributed by atoms with Gasteiger partial charge in [-0.15, -0.1) is 0 Å². The van der Waals surface area contributed by atoms with Gasteiger partial charge < -0.3 is 15.5 Å². The molecule has 0 atom stereocenters. The van der Waals surface area contributed by atoms with E-state index in [0.717, 1.165) is 38.3 Å². The molecule has 116 valence electrons. The first-order chi connectivity index (χ1) is 10.1. The van der Waals surface area contributed by atoms with Crippen LogP contribution in [0.2, 0.25) is 0 Å². The zero-order valence-electron chi connectivity index (χ0n) is 13.0. The molecule has 0 aromatic carbocycles. The number of anilines is 1. The Morgan fingerprint density at radius 3 is 2.76 bits per heavy atom. The summed E-state index contributed by atoms with van der Waals surface area (Å²) < 4.78 is 0. The highest BCUT2D eigenvalue weighted by Crippen LogP contribution is 2.17. The van der Waals surface area contributed by atoms with Gasteiger partial charge in [0, 0.05) is 44.3 Å². The summed E-state index contributed by atoms with van der Waals surface area (Å²) in [5.41, 5.74) is 0. The lowest BCUT2D eigenvalue weighted by Gasteiger charge is -2.33. The molecule has 0 spiro atoms. The number of nitrogens with zero attached hydrogens (tertiary/aromatic N) is 2. The molecule has 0 radical (unpaired) electrons. The molecule has 2 N–H and O–H groups in total. The standard InChI is InChI=1S/C16H26N4O/c1-13(2)17-10-6-16(21)19-14-7-11-20(12-8-14)15-5-3-4-9-18-15/h3-5,9,13-14,17H,6-8,10-12H2,1-2H3,(H,19,21). The van der Waals surface area contributed by atoms with Gasteiger partial charge in [0.15, 0.2) is 0 Å². The summed E-state index contributed by atoms with van der Waals surface area (Å²) in [7, 11) is 0. The molecule has 0 saturated carbocycles.